The van der Waals surface area contributed by atoms with Crippen molar-refractivity contribution in [2.45, 2.75) is 6.92 Å². The summed E-state index contributed by atoms with van der Waals surface area (Å²) in [7, 11) is 2.07. The van der Waals surface area contributed by atoms with Crippen LogP contribution in [-0.4, -0.2) is 69.8 Å². The highest BCUT2D eigenvalue weighted by Crippen LogP contribution is 2.20. The maximum Gasteiger partial charge on any atom is 0.253 e. The predicted molar refractivity (Wildman–Crippen MR) is 134 cm³/mol. The fraction of sp³-hybridized carbons (Fsp3) is 0.214. The Morgan fingerprint density at radius 2 is 1.74 bits per heavy atom. The molecule has 0 bridgehead atoms. The van der Waals surface area contributed by atoms with Gasteiger partial charge in [-0.25, -0.2) is 9.50 Å². The largest absolute Gasteiger partial charge is 0.336 e. The minimum atomic E-state index is 0.0640. The maximum absolute atomic E-state index is 12.8. The Balaban J connectivity index is 1.40. The molecule has 0 atom stereocenters. The maximum atomic E-state index is 12.8. The SMILES string of the molecule is Cc1ccc(C=O)cc1C#Cc1cnc2ccc(-c3ccc(C(=O)N4CCN(C)CC4)cc3)nn12. The van der Waals surface area contributed by atoms with Crippen LogP contribution in [0.4, 0.5) is 0 Å². The van der Waals surface area contributed by atoms with Crippen LogP contribution in [0.2, 0.25) is 0 Å². The van der Waals surface area contributed by atoms with Gasteiger partial charge in [-0.05, 0) is 55.8 Å². The number of hydrogen-bond acceptors (Lipinski definition) is 5. The number of nitrogens with zero attached hydrogens (tertiary/aromatic N) is 5. The molecule has 0 N–H and O–H groups in total. The van der Waals surface area contributed by atoms with Gasteiger partial charge in [0.05, 0.1) is 11.9 Å². The number of carbonyl (C=O) groups is 2. The molecule has 0 radical (unpaired) electrons. The van der Waals surface area contributed by atoms with E-state index in [1.165, 1.54) is 0 Å². The number of aromatic nitrogens is 3. The summed E-state index contributed by atoms with van der Waals surface area (Å²) in [4.78, 5) is 32.5. The van der Waals surface area contributed by atoms with Crippen molar-refractivity contribution < 1.29 is 9.59 Å². The molecule has 1 saturated heterocycles. The van der Waals surface area contributed by atoms with Crippen LogP contribution in [-0.2, 0) is 0 Å². The second-order valence-electron chi connectivity index (χ2n) is 8.75. The normalized spacial score (nSPS) is 13.9. The van der Waals surface area contributed by atoms with Crippen molar-refractivity contribution in [1.82, 2.24) is 24.4 Å². The van der Waals surface area contributed by atoms with Crippen molar-refractivity contribution in [3.63, 3.8) is 0 Å². The van der Waals surface area contributed by atoms with Gasteiger partial charge in [0.1, 0.15) is 12.0 Å². The third kappa shape index (κ3) is 4.70. The fourth-order valence-electron chi connectivity index (χ4n) is 4.07. The van der Waals surface area contributed by atoms with E-state index in [9.17, 15) is 9.59 Å². The highest BCUT2D eigenvalue weighted by atomic mass is 16.2. The Morgan fingerprint density at radius 1 is 0.971 bits per heavy atom. The quantitative estimate of drug-likeness (QED) is 0.344. The van der Waals surface area contributed by atoms with Crippen molar-refractivity contribution in [3.8, 4) is 23.1 Å². The molecule has 0 saturated carbocycles. The number of piperazine rings is 1. The van der Waals surface area contributed by atoms with Crippen LogP contribution in [0.3, 0.4) is 0 Å². The molecular formula is C28H25N5O2. The number of aldehydes is 1. The number of imidazole rings is 1. The molecule has 1 aliphatic rings. The zero-order valence-electron chi connectivity index (χ0n) is 19.7. The fourth-order valence-corrected chi connectivity index (χ4v) is 4.07. The van der Waals surface area contributed by atoms with Gasteiger partial charge in [0.25, 0.3) is 5.91 Å². The molecule has 1 fully saturated rings. The molecular weight excluding hydrogens is 438 g/mol. The first kappa shape index (κ1) is 22.5. The number of likely N-dealkylation sites (N-methyl/N-ethyl adjacent to an activating group) is 1. The van der Waals surface area contributed by atoms with Gasteiger partial charge in [0.15, 0.2) is 5.65 Å². The molecule has 5 rings (SSSR count). The van der Waals surface area contributed by atoms with E-state index in [1.807, 2.05) is 54.3 Å². The van der Waals surface area contributed by atoms with Crippen LogP contribution in [0, 0.1) is 18.8 Å². The number of fused-ring (bicyclic) bond motifs is 1. The van der Waals surface area contributed by atoms with Crippen LogP contribution in [0.15, 0.2) is 60.8 Å². The lowest BCUT2D eigenvalue weighted by Crippen LogP contribution is -2.47. The lowest BCUT2D eigenvalue weighted by atomic mass is 10.1. The van der Waals surface area contributed by atoms with Crippen molar-refractivity contribution >= 4 is 17.8 Å². The highest BCUT2D eigenvalue weighted by Gasteiger charge is 2.20. The van der Waals surface area contributed by atoms with E-state index in [0.717, 1.165) is 54.8 Å². The van der Waals surface area contributed by atoms with E-state index in [0.29, 0.717) is 22.5 Å². The summed E-state index contributed by atoms with van der Waals surface area (Å²) in [6.45, 7) is 5.25. The summed E-state index contributed by atoms with van der Waals surface area (Å²) in [5, 5.41) is 4.74. The van der Waals surface area contributed by atoms with Crippen LogP contribution in [0.5, 0.6) is 0 Å². The van der Waals surface area contributed by atoms with E-state index in [2.05, 4.69) is 28.8 Å². The monoisotopic (exact) mass is 463 g/mol. The topological polar surface area (TPSA) is 70.8 Å². The zero-order chi connectivity index (χ0) is 24.4. The molecule has 4 aromatic rings. The van der Waals surface area contributed by atoms with Crippen molar-refractivity contribution in [1.29, 1.82) is 0 Å². The van der Waals surface area contributed by atoms with Crippen LogP contribution < -0.4 is 0 Å². The first-order valence-corrected chi connectivity index (χ1v) is 11.5. The number of hydrogen-bond donors (Lipinski definition) is 0. The van der Waals surface area contributed by atoms with E-state index in [-0.39, 0.29) is 5.91 Å². The number of carbonyl (C=O) groups excluding carboxylic acids is 2. The minimum Gasteiger partial charge on any atom is -0.336 e. The van der Waals surface area contributed by atoms with E-state index < -0.39 is 0 Å². The molecule has 1 amide bonds. The number of aryl methyl sites for hydroxylation is 1. The van der Waals surface area contributed by atoms with Crippen molar-refractivity contribution in [2.75, 3.05) is 33.2 Å². The molecule has 7 nitrogen and oxygen atoms in total. The highest BCUT2D eigenvalue weighted by molar-refractivity contribution is 5.94. The lowest BCUT2D eigenvalue weighted by Gasteiger charge is -2.32. The first-order valence-electron chi connectivity index (χ1n) is 11.5. The molecule has 1 aliphatic heterocycles. The average Bonchev–Trinajstić information content (AvgIpc) is 3.30. The van der Waals surface area contributed by atoms with Gasteiger partial charge in [0.2, 0.25) is 0 Å². The van der Waals surface area contributed by atoms with E-state index in [1.54, 1.807) is 22.8 Å². The van der Waals surface area contributed by atoms with Crippen LogP contribution >= 0.6 is 0 Å². The van der Waals surface area contributed by atoms with Gasteiger partial charge in [-0.3, -0.25) is 9.59 Å². The summed E-state index contributed by atoms with van der Waals surface area (Å²) in [5.74, 6) is 6.34. The Morgan fingerprint density at radius 3 is 2.49 bits per heavy atom. The molecule has 3 heterocycles. The van der Waals surface area contributed by atoms with E-state index >= 15 is 0 Å². The summed E-state index contributed by atoms with van der Waals surface area (Å²) in [6, 6.07) is 16.8. The van der Waals surface area contributed by atoms with Crippen LogP contribution in [0.25, 0.3) is 16.9 Å². The standard InChI is InChI=1S/C28H25N5O2/c1-20-3-4-21(19-34)17-24(20)9-10-25-18-29-27-12-11-26(30-33(25)27)22-5-7-23(8-6-22)28(35)32-15-13-31(2)14-16-32/h3-8,11-12,17-19H,13-16H2,1-2H3. The molecule has 174 valence electrons. The smallest absolute Gasteiger partial charge is 0.253 e. The summed E-state index contributed by atoms with van der Waals surface area (Å²) < 4.78 is 1.71. The van der Waals surface area contributed by atoms with Gasteiger partial charge >= 0.3 is 0 Å². The molecule has 35 heavy (non-hydrogen) atoms. The van der Waals surface area contributed by atoms with E-state index in [4.69, 9.17) is 5.10 Å². The Bertz CT molecular complexity index is 1470. The summed E-state index contributed by atoms with van der Waals surface area (Å²) in [5.41, 5.74) is 6.07. The third-order valence-electron chi connectivity index (χ3n) is 6.30. The molecule has 0 aliphatic carbocycles. The molecule has 2 aromatic carbocycles. The van der Waals surface area contributed by atoms with Crippen molar-refractivity contribution in [3.05, 3.63) is 88.7 Å². The van der Waals surface area contributed by atoms with Gasteiger partial charge in [-0.1, -0.05) is 30.2 Å². The van der Waals surface area contributed by atoms with Gasteiger partial charge in [0, 0.05) is 48.4 Å². The Labute approximate surface area is 204 Å². The lowest BCUT2D eigenvalue weighted by molar-refractivity contribution is 0.0664. The number of benzene rings is 2. The number of amides is 1. The molecule has 2 aromatic heterocycles. The van der Waals surface area contributed by atoms with Gasteiger partial charge < -0.3 is 9.80 Å². The summed E-state index contributed by atoms with van der Waals surface area (Å²) >= 11 is 0. The molecule has 7 heteroatoms. The number of rotatable bonds is 3. The molecule has 0 unspecified atom stereocenters. The predicted octanol–water partition coefficient (Wildman–Crippen LogP) is 3.30. The van der Waals surface area contributed by atoms with Gasteiger partial charge in [-0.15, -0.1) is 0 Å². The zero-order valence-corrected chi connectivity index (χ0v) is 19.7. The second kappa shape index (κ2) is 9.53. The third-order valence-corrected chi connectivity index (χ3v) is 6.30. The second-order valence-corrected chi connectivity index (χ2v) is 8.75. The minimum absolute atomic E-state index is 0.0640. The Hall–Kier alpha value is -4.28. The average molecular weight is 464 g/mol. The first-order chi connectivity index (χ1) is 17.0. The van der Waals surface area contributed by atoms with Gasteiger partial charge in [-0.2, -0.15) is 5.10 Å². The Kier molecular flexibility index (Phi) is 6.13. The summed E-state index contributed by atoms with van der Waals surface area (Å²) in [6.07, 6.45) is 2.51. The molecule has 0 spiro atoms. The van der Waals surface area contributed by atoms with Crippen molar-refractivity contribution in [2.24, 2.45) is 0 Å². The van der Waals surface area contributed by atoms with Crippen LogP contribution in [0.1, 0.15) is 37.5 Å².